The van der Waals surface area contributed by atoms with Crippen molar-refractivity contribution in [3.8, 4) is 0 Å². The molecule has 2 unspecified atom stereocenters. The second kappa shape index (κ2) is 10.3. The molecule has 6 heteroatoms. The SMILES string of the molecule is CN=C(NCC(C)CN1CCCC1)NCC(c1cccs1)N1CCCC1. The number of nitrogens with zero attached hydrogens (tertiary/aromatic N) is 3. The van der Waals surface area contributed by atoms with E-state index in [-0.39, 0.29) is 0 Å². The highest BCUT2D eigenvalue weighted by Gasteiger charge is 2.24. The van der Waals surface area contributed by atoms with E-state index in [1.165, 1.54) is 63.3 Å². The van der Waals surface area contributed by atoms with Crippen LogP contribution in [0.2, 0.25) is 0 Å². The highest BCUT2D eigenvalue weighted by Crippen LogP contribution is 2.27. The summed E-state index contributed by atoms with van der Waals surface area (Å²) in [5, 5.41) is 9.29. The molecule has 26 heavy (non-hydrogen) atoms. The number of hydrogen-bond donors (Lipinski definition) is 2. The van der Waals surface area contributed by atoms with Gasteiger partial charge in [0.15, 0.2) is 5.96 Å². The minimum atomic E-state index is 0.457. The fraction of sp³-hybridized carbons (Fsp3) is 0.750. The van der Waals surface area contributed by atoms with E-state index in [1.807, 2.05) is 18.4 Å². The third-order valence-electron chi connectivity index (χ3n) is 5.53. The van der Waals surface area contributed by atoms with Crippen molar-refractivity contribution in [2.45, 2.75) is 38.6 Å². The van der Waals surface area contributed by atoms with Crippen LogP contribution in [0.15, 0.2) is 22.5 Å². The van der Waals surface area contributed by atoms with Gasteiger partial charge in [-0.1, -0.05) is 13.0 Å². The van der Waals surface area contributed by atoms with Crippen LogP contribution < -0.4 is 10.6 Å². The number of hydrogen-bond acceptors (Lipinski definition) is 4. The molecule has 5 nitrogen and oxygen atoms in total. The maximum absolute atomic E-state index is 4.44. The Balaban J connectivity index is 1.45. The summed E-state index contributed by atoms with van der Waals surface area (Å²) in [5.74, 6) is 1.57. The second-order valence-electron chi connectivity index (χ2n) is 7.72. The van der Waals surface area contributed by atoms with Crippen molar-refractivity contribution in [1.82, 2.24) is 20.4 Å². The first-order valence-electron chi connectivity index (χ1n) is 10.2. The third-order valence-corrected chi connectivity index (χ3v) is 6.50. The first-order valence-corrected chi connectivity index (χ1v) is 11.1. The van der Waals surface area contributed by atoms with Crippen molar-refractivity contribution in [2.24, 2.45) is 10.9 Å². The lowest BCUT2D eigenvalue weighted by Crippen LogP contribution is -2.44. The van der Waals surface area contributed by atoms with Gasteiger partial charge in [-0.2, -0.15) is 0 Å². The van der Waals surface area contributed by atoms with Gasteiger partial charge in [0.1, 0.15) is 0 Å². The Labute approximate surface area is 162 Å². The number of likely N-dealkylation sites (tertiary alicyclic amines) is 2. The molecular weight excluding hydrogens is 342 g/mol. The highest BCUT2D eigenvalue weighted by atomic mass is 32.1. The summed E-state index contributed by atoms with van der Waals surface area (Å²) in [6, 6.07) is 4.89. The fourth-order valence-corrected chi connectivity index (χ4v) is 4.96. The molecule has 0 amide bonds. The van der Waals surface area contributed by atoms with E-state index in [4.69, 9.17) is 0 Å². The molecule has 2 aliphatic heterocycles. The van der Waals surface area contributed by atoms with Crippen molar-refractivity contribution < 1.29 is 0 Å². The lowest BCUT2D eigenvalue weighted by atomic mass is 10.1. The van der Waals surface area contributed by atoms with Gasteiger partial charge in [0.2, 0.25) is 0 Å². The maximum Gasteiger partial charge on any atom is 0.191 e. The van der Waals surface area contributed by atoms with Gasteiger partial charge >= 0.3 is 0 Å². The zero-order valence-electron chi connectivity index (χ0n) is 16.4. The van der Waals surface area contributed by atoms with Crippen LogP contribution in [0.3, 0.4) is 0 Å². The van der Waals surface area contributed by atoms with Gasteiger partial charge in [0.25, 0.3) is 0 Å². The lowest BCUT2D eigenvalue weighted by Gasteiger charge is -2.28. The topological polar surface area (TPSA) is 42.9 Å². The van der Waals surface area contributed by atoms with Crippen LogP contribution in [0.25, 0.3) is 0 Å². The largest absolute Gasteiger partial charge is 0.356 e. The molecular formula is C20H35N5S. The van der Waals surface area contributed by atoms with Crippen molar-refractivity contribution in [3.63, 3.8) is 0 Å². The third kappa shape index (κ3) is 5.69. The normalized spacial score (nSPS) is 21.8. The Morgan fingerprint density at radius 1 is 1.12 bits per heavy atom. The van der Waals surface area contributed by atoms with Crippen LogP contribution >= 0.6 is 11.3 Å². The Kier molecular flexibility index (Phi) is 7.77. The van der Waals surface area contributed by atoms with Gasteiger partial charge in [0, 0.05) is 31.6 Å². The van der Waals surface area contributed by atoms with Crippen molar-refractivity contribution >= 4 is 17.3 Å². The number of guanidine groups is 1. The smallest absolute Gasteiger partial charge is 0.191 e. The molecule has 1 aromatic heterocycles. The van der Waals surface area contributed by atoms with E-state index < -0.39 is 0 Å². The molecule has 2 atom stereocenters. The van der Waals surface area contributed by atoms with E-state index in [2.05, 4.69) is 49.9 Å². The molecule has 2 aliphatic rings. The average molecular weight is 378 g/mol. The van der Waals surface area contributed by atoms with E-state index >= 15 is 0 Å². The average Bonchev–Trinajstić information content (AvgIpc) is 3.41. The molecule has 0 aliphatic carbocycles. The molecule has 0 spiro atoms. The second-order valence-corrected chi connectivity index (χ2v) is 8.70. The molecule has 1 aromatic rings. The molecule has 3 heterocycles. The zero-order valence-corrected chi connectivity index (χ0v) is 17.2. The first kappa shape index (κ1) is 19.6. The van der Waals surface area contributed by atoms with Crippen molar-refractivity contribution in [1.29, 1.82) is 0 Å². The van der Waals surface area contributed by atoms with E-state index in [0.29, 0.717) is 12.0 Å². The first-order chi connectivity index (χ1) is 12.8. The summed E-state index contributed by atoms with van der Waals surface area (Å²) in [4.78, 5) is 11.1. The van der Waals surface area contributed by atoms with Crippen LogP contribution in [0, 0.1) is 5.92 Å². The number of thiophene rings is 1. The van der Waals surface area contributed by atoms with Crippen LogP contribution in [0.4, 0.5) is 0 Å². The molecule has 0 radical (unpaired) electrons. The van der Waals surface area contributed by atoms with E-state index in [1.54, 1.807) is 0 Å². The predicted molar refractivity (Wildman–Crippen MR) is 112 cm³/mol. The van der Waals surface area contributed by atoms with E-state index in [0.717, 1.165) is 19.0 Å². The summed E-state index contributed by atoms with van der Waals surface area (Å²) in [5.41, 5.74) is 0. The Morgan fingerprint density at radius 3 is 2.46 bits per heavy atom. The van der Waals surface area contributed by atoms with Gasteiger partial charge in [0.05, 0.1) is 6.04 Å². The van der Waals surface area contributed by atoms with Crippen molar-refractivity contribution in [3.05, 3.63) is 22.4 Å². The summed E-state index contributed by atoms with van der Waals surface area (Å²) in [6.07, 6.45) is 5.37. The summed E-state index contributed by atoms with van der Waals surface area (Å²) < 4.78 is 0. The quantitative estimate of drug-likeness (QED) is 0.540. The van der Waals surface area contributed by atoms with Crippen LogP contribution in [-0.2, 0) is 0 Å². The van der Waals surface area contributed by atoms with E-state index in [9.17, 15) is 0 Å². The zero-order chi connectivity index (χ0) is 18.2. The Morgan fingerprint density at radius 2 is 1.81 bits per heavy atom. The van der Waals surface area contributed by atoms with Crippen molar-refractivity contribution in [2.75, 3.05) is 52.9 Å². The standard InChI is InChI=1S/C20H35N5S/c1-17(16-24-9-3-4-10-24)14-22-20(21-2)23-15-18(19-8-7-13-26-19)25-11-5-6-12-25/h7-8,13,17-18H,3-6,9-12,14-16H2,1-2H3,(H2,21,22,23). The lowest BCUT2D eigenvalue weighted by molar-refractivity contribution is 0.248. The minimum absolute atomic E-state index is 0.457. The minimum Gasteiger partial charge on any atom is -0.356 e. The summed E-state index contributed by atoms with van der Waals surface area (Å²) in [7, 11) is 1.87. The van der Waals surface area contributed by atoms with Gasteiger partial charge < -0.3 is 15.5 Å². The van der Waals surface area contributed by atoms with Gasteiger partial charge in [-0.3, -0.25) is 9.89 Å². The number of aliphatic imine (C=N–C) groups is 1. The van der Waals surface area contributed by atoms with Crippen LogP contribution in [0.5, 0.6) is 0 Å². The molecule has 2 N–H and O–H groups in total. The fourth-order valence-electron chi connectivity index (χ4n) is 4.10. The molecule has 0 aromatic carbocycles. The van der Waals surface area contributed by atoms with Crippen LogP contribution in [0.1, 0.15) is 43.5 Å². The molecule has 3 rings (SSSR count). The number of rotatable bonds is 8. The van der Waals surface area contributed by atoms with Crippen LogP contribution in [-0.4, -0.2) is 68.6 Å². The molecule has 0 saturated carbocycles. The van der Waals surface area contributed by atoms with Gasteiger partial charge in [-0.05, 0) is 69.2 Å². The number of nitrogens with one attached hydrogen (secondary N) is 2. The van der Waals surface area contributed by atoms with Gasteiger partial charge in [-0.15, -0.1) is 11.3 Å². The molecule has 0 bridgehead atoms. The predicted octanol–water partition coefficient (Wildman–Crippen LogP) is 2.78. The molecule has 2 saturated heterocycles. The van der Waals surface area contributed by atoms with Gasteiger partial charge in [-0.25, -0.2) is 0 Å². The summed E-state index contributed by atoms with van der Waals surface area (Å²) >= 11 is 1.87. The monoisotopic (exact) mass is 377 g/mol. The maximum atomic E-state index is 4.44. The highest BCUT2D eigenvalue weighted by molar-refractivity contribution is 7.10. The summed E-state index contributed by atoms with van der Waals surface area (Å²) in [6.45, 7) is 10.4. The molecule has 146 valence electrons. The Bertz CT molecular complexity index is 532. The Hall–Kier alpha value is -1.11. The molecule has 2 fully saturated rings.